The van der Waals surface area contributed by atoms with Gasteiger partial charge in [0.1, 0.15) is 5.69 Å². The lowest BCUT2D eigenvalue weighted by Crippen LogP contribution is -2.36. The fourth-order valence-electron chi connectivity index (χ4n) is 3.04. The minimum absolute atomic E-state index is 0.349. The number of anilines is 1. The number of hydrogen-bond donors (Lipinski definition) is 0. The molecule has 1 saturated heterocycles. The number of hydrogen-bond acceptors (Lipinski definition) is 6. The van der Waals surface area contributed by atoms with Crippen LogP contribution in [0.3, 0.4) is 0 Å². The summed E-state index contributed by atoms with van der Waals surface area (Å²) >= 11 is 0. The second kappa shape index (κ2) is 8.19. The number of rotatable bonds is 5. The van der Waals surface area contributed by atoms with Crippen LogP contribution in [0.25, 0.3) is 11.1 Å². The third-order valence-corrected chi connectivity index (χ3v) is 4.43. The van der Waals surface area contributed by atoms with Crippen molar-refractivity contribution < 1.29 is 19.0 Å². The number of pyridine rings is 1. The third kappa shape index (κ3) is 3.80. The molecular weight excluding hydrogens is 332 g/mol. The van der Waals surface area contributed by atoms with Crippen molar-refractivity contribution in [2.45, 2.75) is 13.8 Å². The first kappa shape index (κ1) is 18.2. The number of aromatic nitrogens is 1. The summed E-state index contributed by atoms with van der Waals surface area (Å²) in [6.45, 7) is 7.49. The van der Waals surface area contributed by atoms with Crippen LogP contribution in [0.4, 0.5) is 5.69 Å². The van der Waals surface area contributed by atoms with E-state index >= 15 is 0 Å². The van der Waals surface area contributed by atoms with Crippen molar-refractivity contribution in [3.63, 3.8) is 0 Å². The molecule has 2 aromatic rings. The summed E-state index contributed by atoms with van der Waals surface area (Å²) < 4.78 is 16.0. The van der Waals surface area contributed by atoms with E-state index in [2.05, 4.69) is 16.0 Å². The van der Waals surface area contributed by atoms with Crippen molar-refractivity contribution in [1.29, 1.82) is 0 Å². The second-order valence-electron chi connectivity index (χ2n) is 6.10. The van der Waals surface area contributed by atoms with Gasteiger partial charge in [0.25, 0.3) is 0 Å². The van der Waals surface area contributed by atoms with E-state index in [1.165, 1.54) is 7.11 Å². The van der Waals surface area contributed by atoms with Crippen LogP contribution in [-0.4, -0.2) is 51.0 Å². The highest BCUT2D eigenvalue weighted by Gasteiger charge is 2.19. The lowest BCUT2D eigenvalue weighted by molar-refractivity contribution is 0.0601. The predicted octanol–water partition coefficient (Wildman–Crippen LogP) is 3.08. The molecule has 138 valence electrons. The maximum atomic E-state index is 11.9. The number of benzene rings is 1. The maximum Gasteiger partial charge on any atom is 0.337 e. The number of carbonyl (C=O) groups is 1. The van der Waals surface area contributed by atoms with Crippen LogP contribution in [0, 0.1) is 6.92 Å². The molecule has 0 unspecified atom stereocenters. The highest BCUT2D eigenvalue weighted by Crippen LogP contribution is 2.33. The van der Waals surface area contributed by atoms with Gasteiger partial charge >= 0.3 is 5.97 Å². The van der Waals surface area contributed by atoms with Gasteiger partial charge < -0.3 is 19.1 Å². The Bertz CT molecular complexity index is 785. The van der Waals surface area contributed by atoms with Crippen LogP contribution in [0.2, 0.25) is 0 Å². The van der Waals surface area contributed by atoms with Gasteiger partial charge in [-0.1, -0.05) is 6.07 Å². The minimum Gasteiger partial charge on any atom is -0.476 e. The Labute approximate surface area is 153 Å². The molecule has 0 atom stereocenters. The van der Waals surface area contributed by atoms with Gasteiger partial charge in [-0.25, -0.2) is 9.78 Å². The third-order valence-electron chi connectivity index (χ3n) is 4.43. The first-order valence-electron chi connectivity index (χ1n) is 8.79. The summed E-state index contributed by atoms with van der Waals surface area (Å²) in [5.41, 5.74) is 4.44. The Kier molecular flexibility index (Phi) is 5.73. The summed E-state index contributed by atoms with van der Waals surface area (Å²) in [5, 5.41) is 0. The maximum absolute atomic E-state index is 11.9. The summed E-state index contributed by atoms with van der Waals surface area (Å²) in [7, 11) is 1.39. The van der Waals surface area contributed by atoms with Gasteiger partial charge in [-0.2, -0.15) is 0 Å². The second-order valence-corrected chi connectivity index (χ2v) is 6.10. The molecule has 0 radical (unpaired) electrons. The topological polar surface area (TPSA) is 60.9 Å². The number of nitrogens with zero attached hydrogens (tertiary/aromatic N) is 2. The molecule has 0 aliphatic carbocycles. The lowest BCUT2D eigenvalue weighted by atomic mass is 9.99. The molecule has 0 saturated carbocycles. The summed E-state index contributed by atoms with van der Waals surface area (Å²) in [6, 6.07) is 7.62. The van der Waals surface area contributed by atoms with Gasteiger partial charge in [-0.05, 0) is 43.2 Å². The van der Waals surface area contributed by atoms with Crippen LogP contribution in [0.5, 0.6) is 5.88 Å². The monoisotopic (exact) mass is 356 g/mol. The zero-order valence-corrected chi connectivity index (χ0v) is 15.4. The Hall–Kier alpha value is -2.60. The standard InChI is InChI=1S/C20H24N2O4/c1-4-26-19-18(22-7-9-25-10-8-22)12-16(13-21-19)17-11-15(20(23)24-3)6-5-14(17)2/h5-6,11-13H,4,7-10H2,1-3H3. The molecule has 1 aliphatic heterocycles. The van der Waals surface area contributed by atoms with E-state index in [4.69, 9.17) is 14.2 Å². The summed E-state index contributed by atoms with van der Waals surface area (Å²) in [5.74, 6) is 0.276. The highest BCUT2D eigenvalue weighted by molar-refractivity contribution is 5.91. The number of carbonyl (C=O) groups excluding carboxylic acids is 1. The quantitative estimate of drug-likeness (QED) is 0.768. The van der Waals surface area contributed by atoms with Crippen LogP contribution >= 0.6 is 0 Å². The van der Waals surface area contributed by atoms with Gasteiger partial charge in [0.05, 0.1) is 32.5 Å². The van der Waals surface area contributed by atoms with E-state index in [0.717, 1.165) is 35.5 Å². The van der Waals surface area contributed by atoms with Crippen molar-refractivity contribution in [3.8, 4) is 17.0 Å². The summed E-state index contributed by atoms with van der Waals surface area (Å²) in [4.78, 5) is 18.6. The average molecular weight is 356 g/mol. The van der Waals surface area contributed by atoms with Crippen molar-refractivity contribution in [2.75, 3.05) is 44.9 Å². The first-order chi connectivity index (χ1) is 12.6. The predicted molar refractivity (Wildman–Crippen MR) is 100.0 cm³/mol. The van der Waals surface area contributed by atoms with Gasteiger partial charge in [-0.15, -0.1) is 0 Å². The van der Waals surface area contributed by atoms with E-state index in [1.807, 2.05) is 26.0 Å². The number of morpholine rings is 1. The zero-order valence-electron chi connectivity index (χ0n) is 15.4. The highest BCUT2D eigenvalue weighted by atomic mass is 16.5. The SMILES string of the molecule is CCOc1ncc(-c2cc(C(=O)OC)ccc2C)cc1N1CCOCC1. The van der Waals surface area contributed by atoms with Crippen LogP contribution in [0.15, 0.2) is 30.5 Å². The van der Waals surface area contributed by atoms with Gasteiger partial charge in [0.2, 0.25) is 5.88 Å². The largest absolute Gasteiger partial charge is 0.476 e. The Morgan fingerprint density at radius 3 is 2.73 bits per heavy atom. The molecule has 3 rings (SSSR count). The number of methoxy groups -OCH3 is 1. The molecule has 0 N–H and O–H groups in total. The summed E-state index contributed by atoms with van der Waals surface area (Å²) in [6.07, 6.45) is 1.79. The van der Waals surface area contributed by atoms with E-state index in [0.29, 0.717) is 31.3 Å². The molecule has 26 heavy (non-hydrogen) atoms. The van der Waals surface area contributed by atoms with Crippen molar-refractivity contribution in [1.82, 2.24) is 4.98 Å². The molecule has 1 aromatic heterocycles. The molecule has 6 nitrogen and oxygen atoms in total. The molecule has 0 amide bonds. The first-order valence-corrected chi connectivity index (χ1v) is 8.79. The fourth-order valence-corrected chi connectivity index (χ4v) is 3.04. The van der Waals surface area contributed by atoms with Crippen molar-refractivity contribution >= 4 is 11.7 Å². The Balaban J connectivity index is 2.04. The average Bonchev–Trinajstić information content (AvgIpc) is 2.69. The molecular formula is C20H24N2O4. The normalized spacial score (nSPS) is 14.2. The number of aryl methyl sites for hydroxylation is 1. The molecule has 1 aliphatic rings. The van der Waals surface area contributed by atoms with E-state index in [1.54, 1.807) is 12.3 Å². The molecule has 2 heterocycles. The Morgan fingerprint density at radius 1 is 1.27 bits per heavy atom. The Morgan fingerprint density at radius 2 is 2.04 bits per heavy atom. The van der Waals surface area contributed by atoms with Crippen LogP contribution in [0.1, 0.15) is 22.8 Å². The van der Waals surface area contributed by atoms with Gasteiger partial charge in [0, 0.05) is 24.8 Å². The smallest absolute Gasteiger partial charge is 0.337 e. The number of ether oxygens (including phenoxy) is 3. The van der Waals surface area contributed by atoms with Crippen molar-refractivity contribution in [2.24, 2.45) is 0 Å². The molecule has 6 heteroatoms. The van der Waals surface area contributed by atoms with Gasteiger partial charge in [-0.3, -0.25) is 0 Å². The molecule has 1 aromatic carbocycles. The van der Waals surface area contributed by atoms with Gasteiger partial charge in [0.15, 0.2) is 0 Å². The molecule has 0 spiro atoms. The molecule has 1 fully saturated rings. The lowest BCUT2D eigenvalue weighted by Gasteiger charge is -2.30. The fraction of sp³-hybridized carbons (Fsp3) is 0.400. The minimum atomic E-state index is -0.349. The van der Waals surface area contributed by atoms with E-state index in [-0.39, 0.29) is 5.97 Å². The zero-order chi connectivity index (χ0) is 18.5. The van der Waals surface area contributed by atoms with Crippen molar-refractivity contribution in [3.05, 3.63) is 41.6 Å². The van der Waals surface area contributed by atoms with Crippen LogP contribution in [-0.2, 0) is 9.47 Å². The van der Waals surface area contributed by atoms with E-state index < -0.39 is 0 Å². The molecule has 0 bridgehead atoms. The van der Waals surface area contributed by atoms with E-state index in [9.17, 15) is 4.79 Å². The van der Waals surface area contributed by atoms with Crippen LogP contribution < -0.4 is 9.64 Å². The number of esters is 1.